The number of fused-ring (bicyclic) bond motifs is 1. The first-order chi connectivity index (χ1) is 9.52. The van der Waals surface area contributed by atoms with E-state index in [4.69, 9.17) is 5.26 Å². The summed E-state index contributed by atoms with van der Waals surface area (Å²) in [6.45, 7) is 0. The maximum atomic E-state index is 13.2. The van der Waals surface area contributed by atoms with Crippen LogP contribution in [0.1, 0.15) is 43.0 Å². The summed E-state index contributed by atoms with van der Waals surface area (Å²) in [5.74, 6) is -1.66. The molecule has 1 aliphatic carbocycles. The summed E-state index contributed by atoms with van der Waals surface area (Å²) in [7, 11) is 1.89. The predicted molar refractivity (Wildman–Crippen MR) is 71.6 cm³/mol. The van der Waals surface area contributed by atoms with Gasteiger partial charge in [-0.3, -0.25) is 0 Å². The van der Waals surface area contributed by atoms with Gasteiger partial charge in [-0.15, -0.1) is 0 Å². The molecule has 1 saturated carbocycles. The zero-order chi connectivity index (χ0) is 14.3. The van der Waals surface area contributed by atoms with Crippen molar-refractivity contribution in [3.05, 3.63) is 29.6 Å². The molecular weight excluding hydrogens is 260 g/mol. The van der Waals surface area contributed by atoms with Gasteiger partial charge in [-0.25, -0.2) is 13.8 Å². The number of benzene rings is 1. The first kappa shape index (κ1) is 13.0. The van der Waals surface area contributed by atoms with Crippen molar-refractivity contribution in [2.45, 2.75) is 37.5 Å². The number of imidazole rings is 1. The Morgan fingerprint density at radius 3 is 2.70 bits per heavy atom. The van der Waals surface area contributed by atoms with Crippen molar-refractivity contribution >= 4 is 11.0 Å². The zero-order valence-electron chi connectivity index (χ0n) is 11.2. The third-order valence-electron chi connectivity index (χ3n) is 4.15. The Morgan fingerprint density at radius 1 is 1.35 bits per heavy atom. The van der Waals surface area contributed by atoms with Crippen LogP contribution in [0.4, 0.5) is 8.78 Å². The van der Waals surface area contributed by atoms with E-state index in [9.17, 15) is 8.78 Å². The minimum Gasteiger partial charge on any atom is -0.331 e. The number of hydrogen-bond acceptors (Lipinski definition) is 2. The van der Waals surface area contributed by atoms with E-state index in [0.717, 1.165) is 11.3 Å². The molecule has 0 bridgehead atoms. The molecule has 0 atom stereocenters. The standard InChI is InChI=1S/C15H15F2N3/c1-20-12-4-2-3-11(9-18)13(12)19-14(20)10-5-7-15(16,17)8-6-10/h2-4,10H,5-8H2,1H3. The number of alkyl halides is 2. The number of rotatable bonds is 1. The fourth-order valence-electron chi connectivity index (χ4n) is 2.99. The Hall–Kier alpha value is -1.96. The van der Waals surface area contributed by atoms with E-state index in [1.165, 1.54) is 0 Å². The van der Waals surface area contributed by atoms with Crippen LogP contribution in [0.25, 0.3) is 11.0 Å². The van der Waals surface area contributed by atoms with E-state index < -0.39 is 5.92 Å². The molecule has 0 saturated heterocycles. The van der Waals surface area contributed by atoms with Gasteiger partial charge in [0.2, 0.25) is 5.92 Å². The molecule has 0 aliphatic heterocycles. The summed E-state index contributed by atoms with van der Waals surface area (Å²) in [5, 5.41) is 9.12. The molecule has 2 aromatic rings. The van der Waals surface area contributed by atoms with Crippen LogP contribution in [0.2, 0.25) is 0 Å². The number of hydrogen-bond donors (Lipinski definition) is 0. The highest BCUT2D eigenvalue weighted by Gasteiger charge is 2.36. The van der Waals surface area contributed by atoms with Gasteiger partial charge in [-0.05, 0) is 25.0 Å². The predicted octanol–water partition coefficient (Wildman–Crippen LogP) is 3.74. The van der Waals surface area contributed by atoms with Crippen LogP contribution in [-0.4, -0.2) is 15.5 Å². The van der Waals surface area contributed by atoms with Crippen LogP contribution >= 0.6 is 0 Å². The number of aromatic nitrogens is 2. The van der Waals surface area contributed by atoms with Gasteiger partial charge in [-0.2, -0.15) is 5.26 Å². The molecule has 0 unspecified atom stereocenters. The molecule has 1 fully saturated rings. The van der Waals surface area contributed by atoms with Crippen molar-refractivity contribution < 1.29 is 8.78 Å². The van der Waals surface area contributed by atoms with Crippen LogP contribution in [-0.2, 0) is 7.05 Å². The zero-order valence-corrected chi connectivity index (χ0v) is 11.2. The van der Waals surface area contributed by atoms with Crippen LogP contribution in [0.15, 0.2) is 18.2 Å². The largest absolute Gasteiger partial charge is 0.331 e. The highest BCUT2D eigenvalue weighted by atomic mass is 19.3. The molecule has 0 amide bonds. The van der Waals surface area contributed by atoms with Crippen LogP contribution < -0.4 is 0 Å². The summed E-state index contributed by atoms with van der Waals surface area (Å²) in [6, 6.07) is 7.59. The summed E-state index contributed by atoms with van der Waals surface area (Å²) in [4.78, 5) is 4.55. The molecule has 1 aromatic carbocycles. The van der Waals surface area contributed by atoms with E-state index in [1.54, 1.807) is 6.07 Å². The summed E-state index contributed by atoms with van der Waals surface area (Å²) >= 11 is 0. The molecule has 0 N–H and O–H groups in total. The van der Waals surface area contributed by atoms with Crippen molar-refractivity contribution in [1.29, 1.82) is 5.26 Å². The molecule has 104 valence electrons. The second-order valence-corrected chi connectivity index (χ2v) is 5.44. The lowest BCUT2D eigenvalue weighted by Crippen LogP contribution is -2.24. The first-order valence-corrected chi connectivity index (χ1v) is 6.75. The van der Waals surface area contributed by atoms with Crippen molar-refractivity contribution in [3.63, 3.8) is 0 Å². The maximum Gasteiger partial charge on any atom is 0.248 e. The first-order valence-electron chi connectivity index (χ1n) is 6.75. The fraction of sp³-hybridized carbons (Fsp3) is 0.467. The van der Waals surface area contributed by atoms with Crippen LogP contribution in [0.3, 0.4) is 0 Å². The van der Waals surface area contributed by atoms with Gasteiger partial charge in [0, 0.05) is 25.8 Å². The van der Waals surface area contributed by atoms with E-state index in [2.05, 4.69) is 11.1 Å². The highest BCUT2D eigenvalue weighted by molar-refractivity contribution is 5.82. The molecule has 20 heavy (non-hydrogen) atoms. The Bertz CT molecular complexity index is 687. The van der Waals surface area contributed by atoms with E-state index >= 15 is 0 Å². The molecule has 1 heterocycles. The van der Waals surface area contributed by atoms with E-state index in [1.807, 2.05) is 23.7 Å². The molecular formula is C15H15F2N3. The Labute approximate surface area is 115 Å². The minimum absolute atomic E-state index is 0.0542. The molecule has 3 nitrogen and oxygen atoms in total. The third-order valence-corrected chi connectivity index (χ3v) is 4.15. The number of halogens is 2. The van der Waals surface area contributed by atoms with Gasteiger partial charge in [0.1, 0.15) is 17.4 Å². The van der Waals surface area contributed by atoms with Crippen LogP contribution in [0, 0.1) is 11.3 Å². The number of nitrogens with zero attached hydrogens (tertiary/aromatic N) is 3. The second kappa shape index (κ2) is 4.55. The van der Waals surface area contributed by atoms with Crippen molar-refractivity contribution in [2.24, 2.45) is 7.05 Å². The topological polar surface area (TPSA) is 41.6 Å². The normalized spacial score (nSPS) is 19.1. The van der Waals surface area contributed by atoms with Gasteiger partial charge in [-0.1, -0.05) is 6.07 Å². The second-order valence-electron chi connectivity index (χ2n) is 5.44. The fourth-order valence-corrected chi connectivity index (χ4v) is 2.99. The average Bonchev–Trinajstić information content (AvgIpc) is 2.76. The number of para-hydroxylation sites is 1. The van der Waals surface area contributed by atoms with Gasteiger partial charge in [0.25, 0.3) is 0 Å². The average molecular weight is 275 g/mol. The lowest BCUT2D eigenvalue weighted by Gasteiger charge is -2.27. The van der Waals surface area contributed by atoms with Crippen molar-refractivity contribution in [2.75, 3.05) is 0 Å². The van der Waals surface area contributed by atoms with Crippen molar-refractivity contribution in [3.8, 4) is 6.07 Å². The number of aryl methyl sites for hydroxylation is 1. The smallest absolute Gasteiger partial charge is 0.248 e. The van der Waals surface area contributed by atoms with E-state index in [0.29, 0.717) is 23.9 Å². The van der Waals surface area contributed by atoms with Gasteiger partial charge >= 0.3 is 0 Å². The Kier molecular flexibility index (Phi) is 2.97. The van der Waals surface area contributed by atoms with Crippen LogP contribution in [0.5, 0.6) is 0 Å². The molecule has 5 heteroatoms. The van der Waals surface area contributed by atoms with E-state index in [-0.39, 0.29) is 18.8 Å². The Balaban J connectivity index is 2.01. The molecule has 0 radical (unpaired) electrons. The molecule has 1 aliphatic rings. The lowest BCUT2D eigenvalue weighted by atomic mass is 9.86. The summed E-state index contributed by atoms with van der Waals surface area (Å²) < 4.78 is 28.4. The van der Waals surface area contributed by atoms with Gasteiger partial charge in [0.15, 0.2) is 0 Å². The molecule has 1 aromatic heterocycles. The SMILES string of the molecule is Cn1c(C2CCC(F)(F)CC2)nc2c(C#N)cccc21. The number of nitriles is 1. The van der Waals surface area contributed by atoms with Gasteiger partial charge < -0.3 is 4.57 Å². The maximum absolute atomic E-state index is 13.2. The summed E-state index contributed by atoms with van der Waals surface area (Å²) in [6.07, 6.45) is 0.746. The highest BCUT2D eigenvalue weighted by Crippen LogP contribution is 2.41. The quantitative estimate of drug-likeness (QED) is 0.795. The third kappa shape index (κ3) is 2.05. The lowest BCUT2D eigenvalue weighted by molar-refractivity contribution is -0.0389. The minimum atomic E-state index is -2.53. The van der Waals surface area contributed by atoms with Gasteiger partial charge in [0.05, 0.1) is 11.1 Å². The monoisotopic (exact) mass is 275 g/mol. The summed E-state index contributed by atoms with van der Waals surface area (Å²) in [5.41, 5.74) is 2.09. The molecule has 0 spiro atoms. The van der Waals surface area contributed by atoms with Crippen molar-refractivity contribution in [1.82, 2.24) is 9.55 Å². The Morgan fingerprint density at radius 2 is 2.05 bits per heavy atom. The molecule has 3 rings (SSSR count).